The number of hydrogen-bond donors (Lipinski definition) is 2. The summed E-state index contributed by atoms with van der Waals surface area (Å²) in [6.07, 6.45) is 3.02. The van der Waals surface area contributed by atoms with E-state index in [9.17, 15) is 9.59 Å². The second kappa shape index (κ2) is 9.15. The molecule has 1 amide bonds. The van der Waals surface area contributed by atoms with Crippen molar-refractivity contribution in [2.45, 2.75) is 33.1 Å². The lowest BCUT2D eigenvalue weighted by Gasteiger charge is -2.11. The molecule has 94 valence electrons. The third-order valence-electron chi connectivity index (χ3n) is 2.21. The summed E-state index contributed by atoms with van der Waals surface area (Å²) < 4.78 is 4.79. The molecule has 0 bridgehead atoms. The minimum atomic E-state index is -0.998. The van der Waals surface area contributed by atoms with Crippen LogP contribution in [0.3, 0.4) is 0 Å². The molecule has 1 atom stereocenters. The van der Waals surface area contributed by atoms with Crippen molar-refractivity contribution < 1.29 is 19.4 Å². The van der Waals surface area contributed by atoms with E-state index in [0.29, 0.717) is 6.54 Å². The van der Waals surface area contributed by atoms with Gasteiger partial charge >= 0.3 is 5.97 Å². The summed E-state index contributed by atoms with van der Waals surface area (Å²) in [6.45, 7) is 4.26. The number of carbonyl (C=O) groups excluding carboxylic acids is 1. The molecule has 0 spiro atoms. The van der Waals surface area contributed by atoms with Crippen LogP contribution in [0.1, 0.15) is 33.1 Å². The molecule has 0 aromatic carbocycles. The molecule has 0 fully saturated rings. The van der Waals surface area contributed by atoms with Gasteiger partial charge in [-0.15, -0.1) is 0 Å². The van der Waals surface area contributed by atoms with E-state index in [1.54, 1.807) is 0 Å². The Kier molecular flexibility index (Phi) is 8.52. The van der Waals surface area contributed by atoms with Crippen LogP contribution in [0.5, 0.6) is 0 Å². The zero-order chi connectivity index (χ0) is 12.4. The molecule has 5 nitrogen and oxygen atoms in total. The number of ether oxygens (including phenoxy) is 1. The van der Waals surface area contributed by atoms with Crippen LogP contribution in [0.25, 0.3) is 0 Å². The zero-order valence-electron chi connectivity index (χ0n) is 9.99. The van der Waals surface area contributed by atoms with Gasteiger partial charge in [-0.05, 0) is 6.42 Å². The highest BCUT2D eigenvalue weighted by Gasteiger charge is 2.10. The molecule has 0 rings (SSSR count). The summed E-state index contributed by atoms with van der Waals surface area (Å²) in [6, 6.07) is 0. The average Bonchev–Trinajstić information content (AvgIpc) is 2.24. The Morgan fingerprint density at radius 3 is 2.69 bits per heavy atom. The Labute approximate surface area is 96.2 Å². The minimum absolute atomic E-state index is 0.00683. The third-order valence-corrected chi connectivity index (χ3v) is 2.21. The number of amides is 1. The maximum absolute atomic E-state index is 11.5. The molecule has 0 saturated heterocycles. The second-order valence-corrected chi connectivity index (χ2v) is 3.78. The van der Waals surface area contributed by atoms with Gasteiger partial charge in [0.15, 0.2) is 0 Å². The van der Waals surface area contributed by atoms with Crippen molar-refractivity contribution in [2.24, 2.45) is 5.92 Å². The number of unbranched alkanes of at least 4 members (excludes halogenated alkanes) is 1. The molecule has 2 N–H and O–H groups in total. The second-order valence-electron chi connectivity index (χ2n) is 3.78. The molecule has 1 unspecified atom stereocenters. The lowest BCUT2D eigenvalue weighted by molar-refractivity contribution is -0.142. The van der Waals surface area contributed by atoms with E-state index in [1.165, 1.54) is 0 Å². The summed E-state index contributed by atoms with van der Waals surface area (Å²) in [7, 11) is 0. The Balaban J connectivity index is 3.45. The van der Waals surface area contributed by atoms with Crippen molar-refractivity contribution in [2.75, 3.05) is 19.8 Å². The number of carbonyl (C=O) groups is 2. The number of rotatable bonds is 9. The standard InChI is InChI=1S/C11H21NO4/c1-3-4-5-9(2)11(15)12-6-7-16-8-10(13)14/h9H,3-8H2,1-2H3,(H,12,15)(H,13,14). The van der Waals surface area contributed by atoms with Gasteiger partial charge < -0.3 is 15.2 Å². The fourth-order valence-electron chi connectivity index (χ4n) is 1.22. The number of nitrogens with one attached hydrogen (secondary N) is 1. The van der Waals surface area contributed by atoms with Crippen LogP contribution in [0.15, 0.2) is 0 Å². The van der Waals surface area contributed by atoms with Crippen molar-refractivity contribution >= 4 is 11.9 Å². The third kappa shape index (κ3) is 8.23. The quantitative estimate of drug-likeness (QED) is 0.581. The average molecular weight is 231 g/mol. The summed E-state index contributed by atoms with van der Waals surface area (Å²) in [5.74, 6) is -0.977. The maximum atomic E-state index is 11.5. The van der Waals surface area contributed by atoms with E-state index < -0.39 is 5.97 Å². The van der Waals surface area contributed by atoms with E-state index in [1.807, 2.05) is 6.92 Å². The Morgan fingerprint density at radius 2 is 2.12 bits per heavy atom. The van der Waals surface area contributed by atoms with Crippen molar-refractivity contribution in [1.29, 1.82) is 0 Å². The largest absolute Gasteiger partial charge is 0.480 e. The van der Waals surface area contributed by atoms with Crippen LogP contribution in [0, 0.1) is 5.92 Å². The number of carboxylic acid groups (broad SMARTS) is 1. The molecule has 0 aromatic heterocycles. The molecule has 0 aliphatic heterocycles. The minimum Gasteiger partial charge on any atom is -0.480 e. The first-order valence-electron chi connectivity index (χ1n) is 5.65. The van der Waals surface area contributed by atoms with E-state index in [2.05, 4.69) is 12.2 Å². The topological polar surface area (TPSA) is 75.6 Å². The fraction of sp³-hybridized carbons (Fsp3) is 0.818. The van der Waals surface area contributed by atoms with Crippen molar-refractivity contribution in [1.82, 2.24) is 5.32 Å². The van der Waals surface area contributed by atoms with Gasteiger partial charge in [0, 0.05) is 12.5 Å². The lowest BCUT2D eigenvalue weighted by Crippen LogP contribution is -2.32. The highest BCUT2D eigenvalue weighted by Crippen LogP contribution is 2.06. The normalized spacial score (nSPS) is 12.1. The summed E-state index contributed by atoms with van der Waals surface area (Å²) in [4.78, 5) is 21.6. The fourth-order valence-corrected chi connectivity index (χ4v) is 1.22. The molecule has 0 aliphatic carbocycles. The Bertz CT molecular complexity index is 218. The van der Waals surface area contributed by atoms with Gasteiger partial charge in [-0.2, -0.15) is 0 Å². The van der Waals surface area contributed by atoms with Gasteiger partial charge in [-0.25, -0.2) is 4.79 Å². The number of aliphatic carboxylic acids is 1. The summed E-state index contributed by atoms with van der Waals surface area (Å²) in [5.41, 5.74) is 0. The first kappa shape index (κ1) is 14.9. The highest BCUT2D eigenvalue weighted by atomic mass is 16.5. The molecule has 0 saturated carbocycles. The summed E-state index contributed by atoms with van der Waals surface area (Å²) >= 11 is 0. The first-order chi connectivity index (χ1) is 7.57. The van der Waals surface area contributed by atoms with Crippen LogP contribution in [0.2, 0.25) is 0 Å². The molecule has 0 heterocycles. The van der Waals surface area contributed by atoms with E-state index in [-0.39, 0.29) is 25.0 Å². The molecular weight excluding hydrogens is 210 g/mol. The molecule has 0 aromatic rings. The van der Waals surface area contributed by atoms with E-state index in [0.717, 1.165) is 19.3 Å². The van der Waals surface area contributed by atoms with Crippen molar-refractivity contribution in [3.8, 4) is 0 Å². The highest BCUT2D eigenvalue weighted by molar-refractivity contribution is 5.78. The SMILES string of the molecule is CCCCC(C)C(=O)NCCOCC(=O)O. The van der Waals surface area contributed by atoms with Gasteiger partial charge in [0.2, 0.25) is 5.91 Å². The Morgan fingerprint density at radius 1 is 1.44 bits per heavy atom. The van der Waals surface area contributed by atoms with Gasteiger partial charge in [-0.1, -0.05) is 26.7 Å². The number of carboxylic acids is 1. The molecule has 0 aliphatic rings. The maximum Gasteiger partial charge on any atom is 0.329 e. The lowest BCUT2D eigenvalue weighted by atomic mass is 10.0. The van der Waals surface area contributed by atoms with Crippen LogP contribution in [-0.2, 0) is 14.3 Å². The van der Waals surface area contributed by atoms with Crippen LogP contribution < -0.4 is 5.32 Å². The predicted molar refractivity (Wildman–Crippen MR) is 60.2 cm³/mol. The van der Waals surface area contributed by atoms with Gasteiger partial charge in [-0.3, -0.25) is 4.79 Å². The zero-order valence-corrected chi connectivity index (χ0v) is 9.99. The van der Waals surface area contributed by atoms with Gasteiger partial charge in [0.1, 0.15) is 6.61 Å². The number of hydrogen-bond acceptors (Lipinski definition) is 3. The van der Waals surface area contributed by atoms with Crippen molar-refractivity contribution in [3.05, 3.63) is 0 Å². The summed E-state index contributed by atoms with van der Waals surface area (Å²) in [5, 5.41) is 11.0. The first-order valence-corrected chi connectivity index (χ1v) is 5.65. The van der Waals surface area contributed by atoms with Gasteiger partial charge in [0.05, 0.1) is 6.61 Å². The van der Waals surface area contributed by atoms with Crippen LogP contribution in [0.4, 0.5) is 0 Å². The monoisotopic (exact) mass is 231 g/mol. The van der Waals surface area contributed by atoms with Gasteiger partial charge in [0.25, 0.3) is 0 Å². The van der Waals surface area contributed by atoms with E-state index in [4.69, 9.17) is 9.84 Å². The van der Waals surface area contributed by atoms with E-state index >= 15 is 0 Å². The van der Waals surface area contributed by atoms with Crippen molar-refractivity contribution in [3.63, 3.8) is 0 Å². The molecule has 0 radical (unpaired) electrons. The Hall–Kier alpha value is -1.10. The van der Waals surface area contributed by atoms with Crippen LogP contribution in [-0.4, -0.2) is 36.7 Å². The molecular formula is C11H21NO4. The molecule has 5 heteroatoms. The molecule has 16 heavy (non-hydrogen) atoms. The predicted octanol–water partition coefficient (Wildman–Crippen LogP) is 1.03. The van der Waals surface area contributed by atoms with Crippen LogP contribution >= 0.6 is 0 Å². The smallest absolute Gasteiger partial charge is 0.329 e.